The second-order valence-corrected chi connectivity index (χ2v) is 5.13. The fourth-order valence-corrected chi connectivity index (χ4v) is 2.92. The number of esters is 1. The van der Waals surface area contributed by atoms with Gasteiger partial charge in [-0.2, -0.15) is 0 Å². The Morgan fingerprint density at radius 1 is 1.33 bits per heavy atom. The second-order valence-electron chi connectivity index (χ2n) is 5.13. The van der Waals surface area contributed by atoms with Gasteiger partial charge in [0.15, 0.2) is 0 Å². The normalized spacial score (nSPS) is 17.4. The molecule has 0 aliphatic heterocycles. The van der Waals surface area contributed by atoms with Crippen LogP contribution in [0.25, 0.3) is 10.9 Å². The van der Waals surface area contributed by atoms with Gasteiger partial charge < -0.3 is 9.30 Å². The van der Waals surface area contributed by atoms with Crippen molar-refractivity contribution in [3.05, 3.63) is 36.0 Å². The monoisotopic (exact) mass is 243 g/mol. The van der Waals surface area contributed by atoms with E-state index in [9.17, 15) is 4.79 Å². The lowest BCUT2D eigenvalue weighted by atomic mass is 9.64. The minimum atomic E-state index is -0.390. The molecule has 3 rings (SSSR count). The van der Waals surface area contributed by atoms with E-state index in [2.05, 4.69) is 28.8 Å². The van der Waals surface area contributed by atoms with Crippen LogP contribution >= 0.6 is 0 Å². The van der Waals surface area contributed by atoms with Gasteiger partial charge in [-0.3, -0.25) is 4.79 Å². The Labute approximate surface area is 106 Å². The van der Waals surface area contributed by atoms with E-state index in [4.69, 9.17) is 4.74 Å². The van der Waals surface area contributed by atoms with Gasteiger partial charge in [-0.1, -0.05) is 12.5 Å². The zero-order valence-corrected chi connectivity index (χ0v) is 10.8. The van der Waals surface area contributed by atoms with Crippen LogP contribution in [0.4, 0.5) is 0 Å². The smallest absolute Gasteiger partial charge is 0.316 e. The van der Waals surface area contributed by atoms with Crippen molar-refractivity contribution < 1.29 is 9.53 Å². The number of fused-ring (bicyclic) bond motifs is 1. The summed E-state index contributed by atoms with van der Waals surface area (Å²) in [5.41, 5.74) is 1.90. The van der Waals surface area contributed by atoms with E-state index in [1.54, 1.807) is 0 Å². The minimum Gasteiger partial charge on any atom is -0.468 e. The highest BCUT2D eigenvalue weighted by molar-refractivity contribution is 5.88. The molecule has 94 valence electrons. The summed E-state index contributed by atoms with van der Waals surface area (Å²) in [5, 5.41) is 1.19. The van der Waals surface area contributed by atoms with Gasteiger partial charge in [0.2, 0.25) is 0 Å². The van der Waals surface area contributed by atoms with Crippen molar-refractivity contribution in [1.82, 2.24) is 4.57 Å². The van der Waals surface area contributed by atoms with Crippen molar-refractivity contribution in [2.75, 3.05) is 7.11 Å². The average molecular weight is 243 g/mol. The van der Waals surface area contributed by atoms with Crippen LogP contribution < -0.4 is 0 Å². The maximum absolute atomic E-state index is 12.0. The van der Waals surface area contributed by atoms with Crippen LogP contribution in [0.15, 0.2) is 30.5 Å². The van der Waals surface area contributed by atoms with Gasteiger partial charge in [0, 0.05) is 18.8 Å². The second kappa shape index (κ2) is 3.87. The molecule has 0 spiro atoms. The van der Waals surface area contributed by atoms with E-state index in [-0.39, 0.29) is 5.97 Å². The molecule has 1 aromatic heterocycles. The van der Waals surface area contributed by atoms with Gasteiger partial charge in [0.25, 0.3) is 0 Å². The number of methoxy groups -OCH3 is 1. The third-order valence-corrected chi connectivity index (χ3v) is 4.22. The Kier molecular flexibility index (Phi) is 2.44. The maximum atomic E-state index is 12.0. The Bertz CT molecular complexity index is 608. The molecule has 2 aromatic rings. The van der Waals surface area contributed by atoms with E-state index in [1.165, 1.54) is 18.0 Å². The SMILES string of the molecule is COC(=O)C1(c2ccc3c(ccn3C)c2)CCC1. The van der Waals surface area contributed by atoms with Gasteiger partial charge in [0.05, 0.1) is 12.5 Å². The summed E-state index contributed by atoms with van der Waals surface area (Å²) < 4.78 is 7.07. The predicted molar refractivity (Wildman–Crippen MR) is 70.5 cm³/mol. The van der Waals surface area contributed by atoms with Crippen molar-refractivity contribution in [2.45, 2.75) is 24.7 Å². The lowest BCUT2D eigenvalue weighted by molar-refractivity contribution is -0.151. The fourth-order valence-electron chi connectivity index (χ4n) is 2.92. The number of benzene rings is 1. The lowest BCUT2D eigenvalue weighted by Crippen LogP contribution is -2.43. The van der Waals surface area contributed by atoms with Crippen LogP contribution in [0.5, 0.6) is 0 Å². The molecule has 0 unspecified atom stereocenters. The molecule has 18 heavy (non-hydrogen) atoms. The maximum Gasteiger partial charge on any atom is 0.316 e. The van der Waals surface area contributed by atoms with Crippen LogP contribution in [0, 0.1) is 0 Å². The standard InChI is InChI=1S/C15H17NO2/c1-16-9-6-11-10-12(4-5-13(11)16)15(7-3-8-15)14(17)18-2/h4-6,9-10H,3,7-8H2,1-2H3. The third kappa shape index (κ3) is 1.40. The van der Waals surface area contributed by atoms with Gasteiger partial charge in [-0.25, -0.2) is 0 Å². The molecule has 1 aliphatic carbocycles. The summed E-state index contributed by atoms with van der Waals surface area (Å²) >= 11 is 0. The number of aromatic nitrogens is 1. The molecular weight excluding hydrogens is 226 g/mol. The number of carbonyl (C=O) groups is 1. The minimum absolute atomic E-state index is 0.0935. The first-order valence-corrected chi connectivity index (χ1v) is 6.31. The highest BCUT2D eigenvalue weighted by Gasteiger charge is 2.46. The highest BCUT2D eigenvalue weighted by atomic mass is 16.5. The van der Waals surface area contributed by atoms with E-state index >= 15 is 0 Å². The number of hydrogen-bond donors (Lipinski definition) is 0. The molecular formula is C15H17NO2. The highest BCUT2D eigenvalue weighted by Crippen LogP contribution is 2.45. The van der Waals surface area contributed by atoms with Crippen LogP contribution in [0.1, 0.15) is 24.8 Å². The number of carbonyl (C=O) groups excluding carboxylic acids is 1. The lowest BCUT2D eigenvalue weighted by Gasteiger charge is -2.39. The molecule has 1 heterocycles. The van der Waals surface area contributed by atoms with Crippen molar-refractivity contribution in [2.24, 2.45) is 7.05 Å². The first-order chi connectivity index (χ1) is 8.67. The van der Waals surface area contributed by atoms with Gasteiger partial charge in [0.1, 0.15) is 0 Å². The zero-order valence-electron chi connectivity index (χ0n) is 10.8. The molecule has 3 heteroatoms. The van der Waals surface area contributed by atoms with E-state index in [1.807, 2.05) is 13.2 Å². The number of aryl methyl sites for hydroxylation is 1. The van der Waals surface area contributed by atoms with Gasteiger partial charge in [-0.15, -0.1) is 0 Å². The largest absolute Gasteiger partial charge is 0.468 e. The zero-order chi connectivity index (χ0) is 12.8. The van der Waals surface area contributed by atoms with Crippen molar-refractivity contribution in [1.29, 1.82) is 0 Å². The van der Waals surface area contributed by atoms with Crippen LogP contribution in [0.3, 0.4) is 0 Å². The Morgan fingerprint density at radius 3 is 2.72 bits per heavy atom. The van der Waals surface area contributed by atoms with Crippen molar-refractivity contribution >= 4 is 16.9 Å². The summed E-state index contributed by atoms with van der Waals surface area (Å²) in [6.07, 6.45) is 4.94. The molecule has 1 aromatic carbocycles. The van der Waals surface area contributed by atoms with Crippen LogP contribution in [0.2, 0.25) is 0 Å². The Morgan fingerprint density at radius 2 is 2.11 bits per heavy atom. The van der Waals surface area contributed by atoms with E-state index in [0.29, 0.717) is 0 Å². The molecule has 0 bridgehead atoms. The molecule has 0 saturated heterocycles. The van der Waals surface area contributed by atoms with E-state index < -0.39 is 5.41 Å². The topological polar surface area (TPSA) is 31.2 Å². The summed E-state index contributed by atoms with van der Waals surface area (Å²) in [4.78, 5) is 12.0. The first kappa shape index (κ1) is 11.3. The summed E-state index contributed by atoms with van der Waals surface area (Å²) in [6.45, 7) is 0. The Balaban J connectivity index is 2.10. The summed E-state index contributed by atoms with van der Waals surface area (Å²) in [6, 6.07) is 8.37. The third-order valence-electron chi connectivity index (χ3n) is 4.22. The van der Waals surface area contributed by atoms with Crippen LogP contribution in [-0.2, 0) is 22.0 Å². The molecule has 1 saturated carbocycles. The van der Waals surface area contributed by atoms with E-state index in [0.717, 1.165) is 24.8 Å². The van der Waals surface area contributed by atoms with Gasteiger partial charge in [-0.05, 0) is 42.0 Å². The number of hydrogen-bond acceptors (Lipinski definition) is 2. The molecule has 3 nitrogen and oxygen atoms in total. The number of nitrogens with zero attached hydrogens (tertiary/aromatic N) is 1. The molecule has 1 fully saturated rings. The predicted octanol–water partition coefficient (Wildman–Crippen LogP) is 2.77. The quantitative estimate of drug-likeness (QED) is 0.759. The summed E-state index contributed by atoms with van der Waals surface area (Å²) in [5.74, 6) is -0.0935. The first-order valence-electron chi connectivity index (χ1n) is 6.31. The molecule has 0 radical (unpaired) electrons. The van der Waals surface area contributed by atoms with Crippen LogP contribution in [-0.4, -0.2) is 17.6 Å². The van der Waals surface area contributed by atoms with Gasteiger partial charge >= 0.3 is 5.97 Å². The molecule has 0 N–H and O–H groups in total. The number of ether oxygens (including phenoxy) is 1. The molecule has 1 aliphatic rings. The molecule has 0 atom stereocenters. The summed E-state index contributed by atoms with van der Waals surface area (Å²) in [7, 11) is 3.50. The molecule has 0 amide bonds. The number of rotatable bonds is 2. The Hall–Kier alpha value is -1.77. The average Bonchev–Trinajstić information content (AvgIpc) is 2.69. The fraction of sp³-hybridized carbons (Fsp3) is 0.400. The van der Waals surface area contributed by atoms with Crippen molar-refractivity contribution in [3.8, 4) is 0 Å². The van der Waals surface area contributed by atoms with Crippen molar-refractivity contribution in [3.63, 3.8) is 0 Å².